The van der Waals surface area contributed by atoms with Crippen LogP contribution >= 0.6 is 0 Å². The molecule has 1 aliphatic rings. The molecule has 2 atom stereocenters. The molecule has 1 aromatic rings. The van der Waals surface area contributed by atoms with E-state index in [4.69, 9.17) is 10.5 Å². The first-order chi connectivity index (χ1) is 9.44. The van der Waals surface area contributed by atoms with E-state index in [2.05, 4.69) is 24.2 Å². The van der Waals surface area contributed by atoms with Gasteiger partial charge in [0.05, 0.1) is 6.10 Å². The van der Waals surface area contributed by atoms with E-state index in [9.17, 15) is 0 Å². The highest BCUT2D eigenvalue weighted by molar-refractivity contribution is 5.59. The van der Waals surface area contributed by atoms with Crippen LogP contribution in [0.5, 0.6) is 5.75 Å². The van der Waals surface area contributed by atoms with Crippen LogP contribution < -0.4 is 15.8 Å². The summed E-state index contributed by atoms with van der Waals surface area (Å²) in [6.07, 6.45) is 1.32. The average Bonchev–Trinajstić information content (AvgIpc) is 2.31. The Bertz CT molecular complexity index is 447. The summed E-state index contributed by atoms with van der Waals surface area (Å²) in [6.45, 7) is 8.62. The molecule has 2 unspecified atom stereocenters. The largest absolute Gasteiger partial charge is 0.491 e. The molecule has 3 N–H and O–H groups in total. The van der Waals surface area contributed by atoms with Crippen molar-refractivity contribution >= 4 is 11.4 Å². The van der Waals surface area contributed by atoms with Crippen LogP contribution in [-0.4, -0.2) is 37.2 Å². The minimum atomic E-state index is 0.159. The van der Waals surface area contributed by atoms with Crippen molar-refractivity contribution in [3.8, 4) is 5.75 Å². The number of hydrogen-bond acceptors (Lipinski definition) is 4. The highest BCUT2D eigenvalue weighted by Crippen LogP contribution is 2.26. The molecule has 0 amide bonds. The molecule has 0 bridgehead atoms. The van der Waals surface area contributed by atoms with E-state index in [0.717, 1.165) is 36.6 Å². The molecule has 0 radical (unpaired) electrons. The van der Waals surface area contributed by atoms with Crippen LogP contribution in [0.2, 0.25) is 0 Å². The second-order valence-electron chi connectivity index (χ2n) is 6.24. The van der Waals surface area contributed by atoms with Gasteiger partial charge in [0.1, 0.15) is 5.75 Å². The van der Waals surface area contributed by atoms with E-state index >= 15 is 0 Å². The molecule has 1 saturated heterocycles. The second kappa shape index (κ2) is 6.35. The number of piperidine rings is 1. The van der Waals surface area contributed by atoms with Gasteiger partial charge in [0, 0.05) is 36.1 Å². The first-order valence-electron chi connectivity index (χ1n) is 7.46. The summed E-state index contributed by atoms with van der Waals surface area (Å²) in [5, 5.41) is 3.62. The molecule has 112 valence electrons. The van der Waals surface area contributed by atoms with Crippen molar-refractivity contribution in [2.45, 2.75) is 39.3 Å². The average molecular weight is 277 g/mol. The zero-order chi connectivity index (χ0) is 14.7. The Hall–Kier alpha value is -1.42. The van der Waals surface area contributed by atoms with Crippen LogP contribution in [-0.2, 0) is 0 Å². The quantitative estimate of drug-likeness (QED) is 0.831. The molecule has 20 heavy (non-hydrogen) atoms. The van der Waals surface area contributed by atoms with E-state index < -0.39 is 0 Å². The number of rotatable bonds is 4. The Kier molecular flexibility index (Phi) is 4.76. The van der Waals surface area contributed by atoms with Gasteiger partial charge in [-0.05, 0) is 45.8 Å². The molecule has 1 heterocycles. The number of nitrogen functional groups attached to an aromatic ring is 1. The van der Waals surface area contributed by atoms with Gasteiger partial charge in [0.15, 0.2) is 0 Å². The summed E-state index contributed by atoms with van der Waals surface area (Å²) in [6, 6.07) is 6.41. The van der Waals surface area contributed by atoms with Gasteiger partial charge in [-0.15, -0.1) is 0 Å². The molecule has 1 aromatic carbocycles. The summed E-state index contributed by atoms with van der Waals surface area (Å²) in [5.41, 5.74) is 7.77. The smallest absolute Gasteiger partial charge is 0.123 e. The van der Waals surface area contributed by atoms with Crippen LogP contribution in [0.25, 0.3) is 0 Å². The van der Waals surface area contributed by atoms with E-state index in [1.54, 1.807) is 0 Å². The number of nitrogens with two attached hydrogens (primary N) is 1. The van der Waals surface area contributed by atoms with Crippen LogP contribution in [0, 0.1) is 5.92 Å². The van der Waals surface area contributed by atoms with E-state index in [-0.39, 0.29) is 6.10 Å². The molecular formula is C16H27N3O. The Balaban J connectivity index is 2.07. The van der Waals surface area contributed by atoms with Gasteiger partial charge in [0.25, 0.3) is 0 Å². The fourth-order valence-corrected chi connectivity index (χ4v) is 2.83. The normalized spacial score (nSPS) is 23.9. The van der Waals surface area contributed by atoms with Crippen molar-refractivity contribution < 1.29 is 4.74 Å². The molecule has 1 fully saturated rings. The summed E-state index contributed by atoms with van der Waals surface area (Å²) in [5.74, 6) is 1.47. The maximum Gasteiger partial charge on any atom is 0.123 e. The fourth-order valence-electron chi connectivity index (χ4n) is 2.83. The monoisotopic (exact) mass is 277 g/mol. The maximum absolute atomic E-state index is 5.97. The Morgan fingerprint density at radius 2 is 2.10 bits per heavy atom. The van der Waals surface area contributed by atoms with Gasteiger partial charge < -0.3 is 20.7 Å². The van der Waals surface area contributed by atoms with Gasteiger partial charge in [-0.3, -0.25) is 0 Å². The minimum absolute atomic E-state index is 0.159. The zero-order valence-corrected chi connectivity index (χ0v) is 13.0. The Morgan fingerprint density at radius 3 is 2.75 bits per heavy atom. The van der Waals surface area contributed by atoms with Crippen molar-refractivity contribution in [3.63, 3.8) is 0 Å². The minimum Gasteiger partial charge on any atom is -0.491 e. The van der Waals surface area contributed by atoms with Gasteiger partial charge >= 0.3 is 0 Å². The van der Waals surface area contributed by atoms with Gasteiger partial charge in [0.2, 0.25) is 0 Å². The van der Waals surface area contributed by atoms with Crippen molar-refractivity contribution in [3.05, 3.63) is 18.2 Å². The highest BCUT2D eigenvalue weighted by Gasteiger charge is 2.24. The number of nitrogens with zero attached hydrogens (tertiary/aromatic N) is 1. The number of benzene rings is 1. The molecule has 0 aromatic heterocycles. The van der Waals surface area contributed by atoms with Gasteiger partial charge in [-0.2, -0.15) is 0 Å². The summed E-state index contributed by atoms with van der Waals surface area (Å²) in [7, 11) is 2.18. The van der Waals surface area contributed by atoms with Crippen LogP contribution in [0.1, 0.15) is 27.2 Å². The number of hydrogen-bond donors (Lipinski definition) is 2. The topological polar surface area (TPSA) is 50.5 Å². The van der Waals surface area contributed by atoms with E-state index in [1.165, 1.54) is 0 Å². The molecule has 1 aliphatic heterocycles. The molecule has 0 aliphatic carbocycles. The molecule has 0 spiro atoms. The molecule has 4 nitrogen and oxygen atoms in total. The van der Waals surface area contributed by atoms with Crippen LogP contribution in [0.3, 0.4) is 0 Å². The van der Waals surface area contributed by atoms with Gasteiger partial charge in [-0.1, -0.05) is 6.92 Å². The lowest BCUT2D eigenvalue weighted by Gasteiger charge is -2.35. The standard InChI is InChI=1S/C16H27N3O/c1-11(2)20-15-8-13(17)7-14(9-15)18-16-5-6-19(4)10-12(16)3/h7-9,11-12,16,18H,5-6,10,17H2,1-4H3. The molecule has 0 saturated carbocycles. The number of ether oxygens (including phenoxy) is 1. The maximum atomic E-state index is 5.97. The number of likely N-dealkylation sites (tertiary alicyclic amines) is 1. The van der Waals surface area contributed by atoms with E-state index in [0.29, 0.717) is 12.0 Å². The highest BCUT2D eigenvalue weighted by atomic mass is 16.5. The first-order valence-corrected chi connectivity index (χ1v) is 7.46. The van der Waals surface area contributed by atoms with Gasteiger partial charge in [-0.25, -0.2) is 0 Å². The molecule has 4 heteroatoms. The Labute approximate surface area is 122 Å². The van der Waals surface area contributed by atoms with Crippen LogP contribution in [0.4, 0.5) is 11.4 Å². The third-order valence-corrected chi connectivity index (χ3v) is 3.76. The van der Waals surface area contributed by atoms with Crippen molar-refractivity contribution in [1.29, 1.82) is 0 Å². The van der Waals surface area contributed by atoms with Crippen molar-refractivity contribution in [2.24, 2.45) is 5.92 Å². The Morgan fingerprint density at radius 1 is 1.35 bits per heavy atom. The predicted molar refractivity (Wildman–Crippen MR) is 85.3 cm³/mol. The third-order valence-electron chi connectivity index (χ3n) is 3.76. The van der Waals surface area contributed by atoms with E-state index in [1.807, 2.05) is 32.0 Å². The first kappa shape index (κ1) is 15.0. The zero-order valence-electron chi connectivity index (χ0n) is 13.0. The SMILES string of the molecule is CC(C)Oc1cc(N)cc(NC2CCN(C)CC2C)c1. The van der Waals surface area contributed by atoms with Crippen molar-refractivity contribution in [2.75, 3.05) is 31.2 Å². The summed E-state index contributed by atoms with van der Waals surface area (Å²) >= 11 is 0. The lowest BCUT2D eigenvalue weighted by atomic mass is 9.94. The summed E-state index contributed by atoms with van der Waals surface area (Å²) < 4.78 is 5.74. The lowest BCUT2D eigenvalue weighted by molar-refractivity contribution is 0.206. The molecule has 2 rings (SSSR count). The number of nitrogens with one attached hydrogen (secondary N) is 1. The summed E-state index contributed by atoms with van der Waals surface area (Å²) in [4.78, 5) is 2.38. The third kappa shape index (κ3) is 4.04. The predicted octanol–water partition coefficient (Wildman–Crippen LogP) is 2.81. The van der Waals surface area contributed by atoms with Crippen LogP contribution in [0.15, 0.2) is 18.2 Å². The molecular weight excluding hydrogens is 250 g/mol. The lowest BCUT2D eigenvalue weighted by Crippen LogP contribution is -2.43. The second-order valence-corrected chi connectivity index (χ2v) is 6.24. The fraction of sp³-hybridized carbons (Fsp3) is 0.625. The number of anilines is 2. The van der Waals surface area contributed by atoms with Crippen molar-refractivity contribution in [1.82, 2.24) is 4.90 Å².